The van der Waals surface area contributed by atoms with Crippen molar-refractivity contribution in [3.05, 3.63) is 28.5 Å². The Morgan fingerprint density at radius 2 is 1.79 bits per heavy atom. The van der Waals surface area contributed by atoms with Crippen molar-refractivity contribution >= 4 is 11.6 Å². The quantitative estimate of drug-likeness (QED) is 0.531. The van der Waals surface area contributed by atoms with Crippen LogP contribution in [0.4, 0.5) is 22.0 Å². The lowest BCUT2D eigenvalue weighted by Crippen LogP contribution is -2.08. The Hall–Kier alpha value is -0.910. The van der Waals surface area contributed by atoms with E-state index in [0.29, 0.717) is 12.1 Å². The molecule has 1 nitrogen and oxygen atoms in total. The lowest BCUT2D eigenvalue weighted by Gasteiger charge is -2.07. The van der Waals surface area contributed by atoms with Crippen LogP contribution in [0.25, 0.3) is 0 Å². The highest BCUT2D eigenvalue weighted by Gasteiger charge is 2.33. The van der Waals surface area contributed by atoms with Gasteiger partial charge in [0, 0.05) is 0 Å². The van der Waals surface area contributed by atoms with Gasteiger partial charge in [-0.2, -0.15) is 13.2 Å². The van der Waals surface area contributed by atoms with Gasteiger partial charge < -0.3 is 0 Å². The monoisotopic (exact) mass is 231 g/mol. The van der Waals surface area contributed by atoms with E-state index in [1.807, 2.05) is 0 Å². The van der Waals surface area contributed by atoms with Crippen molar-refractivity contribution in [2.75, 3.05) is 0 Å². The molecule has 0 radical (unpaired) electrons. The van der Waals surface area contributed by atoms with Crippen molar-refractivity contribution in [2.45, 2.75) is 12.6 Å². The van der Waals surface area contributed by atoms with Crippen LogP contribution in [-0.2, 0) is 6.18 Å². The maximum Gasteiger partial charge on any atom is 0.433 e. The molecule has 0 fully saturated rings. The molecule has 14 heavy (non-hydrogen) atoms. The lowest BCUT2D eigenvalue weighted by molar-refractivity contribution is -0.141. The van der Waals surface area contributed by atoms with Gasteiger partial charge in [0.15, 0.2) is 0 Å². The van der Waals surface area contributed by atoms with Gasteiger partial charge in [0.1, 0.15) is 10.8 Å². The number of halogens is 6. The molecule has 0 saturated heterocycles. The van der Waals surface area contributed by atoms with Gasteiger partial charge in [-0.3, -0.25) is 0 Å². The number of aromatic nitrogens is 1. The fraction of sp³-hybridized carbons (Fsp3) is 0.286. The third-order valence-corrected chi connectivity index (χ3v) is 1.71. The van der Waals surface area contributed by atoms with Crippen LogP contribution in [0.2, 0.25) is 5.15 Å². The van der Waals surface area contributed by atoms with Crippen LogP contribution in [0.1, 0.15) is 17.7 Å². The molecule has 0 aliphatic rings. The number of alkyl halides is 5. The fourth-order valence-corrected chi connectivity index (χ4v) is 1.00. The molecule has 1 heterocycles. The smallest absolute Gasteiger partial charge is 0.231 e. The third kappa shape index (κ3) is 2.31. The topological polar surface area (TPSA) is 12.9 Å². The molecule has 0 spiro atoms. The van der Waals surface area contributed by atoms with Gasteiger partial charge in [-0.15, -0.1) is 0 Å². The van der Waals surface area contributed by atoms with Crippen LogP contribution < -0.4 is 0 Å². The molecule has 0 atom stereocenters. The molecule has 1 aromatic rings. The minimum atomic E-state index is -4.68. The second-order valence-corrected chi connectivity index (χ2v) is 2.73. The molecule has 78 valence electrons. The first-order chi connectivity index (χ1) is 6.32. The lowest BCUT2D eigenvalue weighted by atomic mass is 10.2. The minimum absolute atomic E-state index is 0.466. The van der Waals surface area contributed by atoms with Crippen LogP contribution >= 0.6 is 11.6 Å². The standard InChI is InChI=1S/C7H3ClF5N/c8-5-3(6(9)10)1-2-4(14-5)7(11,12)13/h1-2,6H. The number of rotatable bonds is 1. The van der Waals surface area contributed by atoms with E-state index in [0.717, 1.165) is 0 Å². The maximum absolute atomic E-state index is 12.1. The minimum Gasteiger partial charge on any atom is -0.231 e. The Morgan fingerprint density at radius 3 is 2.14 bits per heavy atom. The summed E-state index contributed by atoms with van der Waals surface area (Å²) in [6.07, 6.45) is -7.61. The summed E-state index contributed by atoms with van der Waals surface area (Å²) in [7, 11) is 0. The summed E-state index contributed by atoms with van der Waals surface area (Å²) in [6, 6.07) is 1.08. The highest BCUT2D eigenvalue weighted by Crippen LogP contribution is 2.32. The van der Waals surface area contributed by atoms with E-state index in [9.17, 15) is 22.0 Å². The molecule has 0 bridgehead atoms. The van der Waals surface area contributed by atoms with E-state index >= 15 is 0 Å². The first-order valence-corrected chi connectivity index (χ1v) is 3.72. The SMILES string of the molecule is FC(F)c1ccc(C(F)(F)F)nc1Cl. The van der Waals surface area contributed by atoms with E-state index in [2.05, 4.69) is 4.98 Å². The Labute approximate surface area is 80.5 Å². The van der Waals surface area contributed by atoms with Crippen molar-refractivity contribution in [2.24, 2.45) is 0 Å². The van der Waals surface area contributed by atoms with E-state index in [4.69, 9.17) is 11.6 Å². The molecule has 0 unspecified atom stereocenters. The van der Waals surface area contributed by atoms with Crippen molar-refractivity contribution in [1.82, 2.24) is 4.98 Å². The van der Waals surface area contributed by atoms with Crippen LogP contribution in [0.3, 0.4) is 0 Å². The zero-order chi connectivity index (χ0) is 10.9. The number of hydrogen-bond donors (Lipinski definition) is 0. The van der Waals surface area contributed by atoms with Crippen molar-refractivity contribution in [3.63, 3.8) is 0 Å². The number of pyridine rings is 1. The summed E-state index contributed by atoms with van der Waals surface area (Å²) < 4.78 is 60.1. The van der Waals surface area contributed by atoms with Gasteiger partial charge in [0.25, 0.3) is 6.43 Å². The van der Waals surface area contributed by atoms with Gasteiger partial charge in [-0.05, 0) is 12.1 Å². The Kier molecular flexibility index (Phi) is 2.94. The second-order valence-electron chi connectivity index (χ2n) is 2.37. The van der Waals surface area contributed by atoms with E-state index in [-0.39, 0.29) is 0 Å². The molecule has 1 aromatic heterocycles. The first kappa shape index (κ1) is 11.2. The Bertz CT molecular complexity index is 335. The summed E-state index contributed by atoms with van der Waals surface area (Å²) in [4.78, 5) is 2.83. The molecule has 0 saturated carbocycles. The zero-order valence-corrected chi connectivity index (χ0v) is 7.20. The maximum atomic E-state index is 12.1. The summed E-state index contributed by atoms with van der Waals surface area (Å²) in [5.74, 6) is 0. The van der Waals surface area contributed by atoms with Crippen molar-refractivity contribution in [3.8, 4) is 0 Å². The molecule has 0 aromatic carbocycles. The zero-order valence-electron chi connectivity index (χ0n) is 6.45. The van der Waals surface area contributed by atoms with Gasteiger partial charge in [-0.25, -0.2) is 13.8 Å². The summed E-state index contributed by atoms with van der Waals surface area (Å²) >= 11 is 5.14. The van der Waals surface area contributed by atoms with E-state index in [1.165, 1.54) is 0 Å². The fourth-order valence-electron chi connectivity index (χ4n) is 0.766. The van der Waals surface area contributed by atoms with Crippen LogP contribution in [0, 0.1) is 0 Å². The molecule has 0 aliphatic heterocycles. The first-order valence-electron chi connectivity index (χ1n) is 3.34. The third-order valence-electron chi connectivity index (χ3n) is 1.40. The van der Waals surface area contributed by atoms with Crippen LogP contribution in [-0.4, -0.2) is 4.98 Å². The van der Waals surface area contributed by atoms with Crippen molar-refractivity contribution in [1.29, 1.82) is 0 Å². The van der Waals surface area contributed by atoms with Gasteiger partial charge in [-0.1, -0.05) is 11.6 Å². The normalized spacial score (nSPS) is 12.2. The van der Waals surface area contributed by atoms with E-state index < -0.39 is 29.0 Å². The molecule has 0 aliphatic carbocycles. The molecule has 7 heteroatoms. The largest absolute Gasteiger partial charge is 0.433 e. The average Bonchev–Trinajstić information content (AvgIpc) is 2.01. The summed E-state index contributed by atoms with van der Waals surface area (Å²) in [6.45, 7) is 0. The number of nitrogens with zero attached hydrogens (tertiary/aromatic N) is 1. The summed E-state index contributed by atoms with van der Waals surface area (Å²) in [5, 5.41) is -0.824. The predicted molar refractivity (Wildman–Crippen MR) is 39.2 cm³/mol. The van der Waals surface area contributed by atoms with E-state index in [1.54, 1.807) is 0 Å². The summed E-state index contributed by atoms with van der Waals surface area (Å²) in [5.41, 5.74) is -1.99. The molecule has 1 rings (SSSR count). The predicted octanol–water partition coefficient (Wildman–Crippen LogP) is 3.69. The molecule has 0 amide bonds. The Morgan fingerprint density at radius 1 is 1.21 bits per heavy atom. The molecular formula is C7H3ClF5N. The highest BCUT2D eigenvalue weighted by molar-refractivity contribution is 6.30. The average molecular weight is 232 g/mol. The van der Waals surface area contributed by atoms with Gasteiger partial charge >= 0.3 is 6.18 Å². The molecular weight excluding hydrogens is 229 g/mol. The molecule has 0 N–H and O–H groups in total. The van der Waals surface area contributed by atoms with Crippen LogP contribution in [0.15, 0.2) is 12.1 Å². The number of hydrogen-bond acceptors (Lipinski definition) is 1. The van der Waals surface area contributed by atoms with Gasteiger partial charge in [0.05, 0.1) is 5.56 Å². The van der Waals surface area contributed by atoms with Crippen LogP contribution in [0.5, 0.6) is 0 Å². The Balaban J connectivity index is 3.13. The second kappa shape index (κ2) is 3.68. The van der Waals surface area contributed by atoms with Gasteiger partial charge in [0.2, 0.25) is 0 Å². The van der Waals surface area contributed by atoms with Crippen molar-refractivity contribution < 1.29 is 22.0 Å². The highest BCUT2D eigenvalue weighted by atomic mass is 35.5.